The van der Waals surface area contributed by atoms with Gasteiger partial charge in [-0.15, -0.1) is 0 Å². The highest BCUT2D eigenvalue weighted by atomic mass is 29.2. The fourth-order valence-electron chi connectivity index (χ4n) is 2.29. The lowest BCUT2D eigenvalue weighted by atomic mass is 10.4. The van der Waals surface area contributed by atoms with Gasteiger partial charge < -0.3 is 0 Å². The maximum atomic E-state index is 2.52. The fraction of sp³-hybridized carbons (Fsp3) is 0.200. The van der Waals surface area contributed by atoms with Crippen molar-refractivity contribution in [3.05, 3.63) is 60.7 Å². The summed E-state index contributed by atoms with van der Waals surface area (Å²) in [6.45, 7) is 7.43. The Balaban J connectivity index is 2.55. The van der Waals surface area contributed by atoms with E-state index in [0.29, 0.717) is 0 Å². The summed E-state index contributed by atoms with van der Waals surface area (Å²) in [4.78, 5) is 0. The summed E-state index contributed by atoms with van der Waals surface area (Å²) >= 11 is 0. The SMILES string of the molecule is C[Si](C)[Si](C)(c1ccccc1)c1ccccc1. The van der Waals surface area contributed by atoms with Gasteiger partial charge in [0.05, 0.1) is 0 Å². The van der Waals surface area contributed by atoms with Crippen LogP contribution in [0, 0.1) is 0 Å². The van der Waals surface area contributed by atoms with Gasteiger partial charge in [0.15, 0.2) is 0 Å². The van der Waals surface area contributed by atoms with Crippen molar-refractivity contribution >= 4 is 26.3 Å². The molecule has 0 aliphatic heterocycles. The summed E-state index contributed by atoms with van der Waals surface area (Å²) in [5.41, 5.74) is 0. The van der Waals surface area contributed by atoms with E-state index >= 15 is 0 Å². The summed E-state index contributed by atoms with van der Waals surface area (Å²) in [7, 11) is -1.81. The number of benzene rings is 2. The second kappa shape index (κ2) is 5.02. The quantitative estimate of drug-likeness (QED) is 0.740. The molecule has 87 valence electrons. The Hall–Kier alpha value is -1.13. The molecule has 2 rings (SSSR count). The first kappa shape index (κ1) is 12.3. The molecule has 0 nitrogen and oxygen atoms in total. The molecule has 17 heavy (non-hydrogen) atoms. The van der Waals surface area contributed by atoms with Crippen LogP contribution < -0.4 is 10.4 Å². The van der Waals surface area contributed by atoms with Crippen LogP contribution in [0.4, 0.5) is 0 Å². The maximum absolute atomic E-state index is 2.52. The lowest BCUT2D eigenvalue weighted by molar-refractivity contribution is 1.70. The second-order valence-electron chi connectivity index (χ2n) is 4.86. The molecule has 1 radical (unpaired) electrons. The van der Waals surface area contributed by atoms with Gasteiger partial charge in [-0.3, -0.25) is 0 Å². The van der Waals surface area contributed by atoms with Crippen molar-refractivity contribution in [1.82, 2.24) is 0 Å². The van der Waals surface area contributed by atoms with Gasteiger partial charge in [0.1, 0.15) is 7.59 Å². The van der Waals surface area contributed by atoms with E-state index in [-0.39, 0.29) is 8.31 Å². The molecule has 0 unspecified atom stereocenters. The van der Waals surface area contributed by atoms with E-state index in [0.717, 1.165) is 0 Å². The van der Waals surface area contributed by atoms with E-state index in [1.165, 1.54) is 0 Å². The summed E-state index contributed by atoms with van der Waals surface area (Å²) in [6.07, 6.45) is 0. The molecule has 0 bridgehead atoms. The summed E-state index contributed by atoms with van der Waals surface area (Å²) in [5, 5.41) is 3.15. The Kier molecular flexibility index (Phi) is 3.64. The van der Waals surface area contributed by atoms with E-state index in [1.54, 1.807) is 10.4 Å². The highest BCUT2D eigenvalue weighted by Crippen LogP contribution is 2.09. The first-order chi connectivity index (χ1) is 8.15. The van der Waals surface area contributed by atoms with Gasteiger partial charge in [-0.2, -0.15) is 0 Å². The molecule has 0 N–H and O–H groups in total. The summed E-state index contributed by atoms with van der Waals surface area (Å²) in [6, 6.07) is 22.2. The lowest BCUT2D eigenvalue weighted by Crippen LogP contribution is -2.64. The third-order valence-corrected chi connectivity index (χ3v) is 16.4. The third kappa shape index (κ3) is 2.28. The molecule has 0 aliphatic rings. The largest absolute Gasteiger partial charge is 0.105 e. The molecule has 0 heterocycles. The number of hydrogen-bond donors (Lipinski definition) is 0. The molecule has 2 aromatic carbocycles. The molecule has 0 amide bonds. The minimum Gasteiger partial charge on any atom is -0.0727 e. The average molecular weight is 255 g/mol. The summed E-state index contributed by atoms with van der Waals surface area (Å²) in [5.74, 6) is 0. The van der Waals surface area contributed by atoms with Gasteiger partial charge >= 0.3 is 0 Å². The molecular weight excluding hydrogens is 236 g/mol. The first-order valence-electron chi connectivity index (χ1n) is 6.07. The van der Waals surface area contributed by atoms with Crippen molar-refractivity contribution in [2.24, 2.45) is 0 Å². The Morgan fingerprint density at radius 3 is 1.35 bits per heavy atom. The molecule has 0 fully saturated rings. The molecule has 0 atom stereocenters. The highest BCUT2D eigenvalue weighted by molar-refractivity contribution is 7.43. The van der Waals surface area contributed by atoms with E-state index in [1.807, 2.05) is 0 Å². The fourth-order valence-corrected chi connectivity index (χ4v) is 9.96. The third-order valence-electron chi connectivity index (χ3n) is 3.70. The van der Waals surface area contributed by atoms with Gasteiger partial charge in [0.25, 0.3) is 0 Å². The molecule has 0 spiro atoms. The Morgan fingerprint density at radius 1 is 0.706 bits per heavy atom. The van der Waals surface area contributed by atoms with E-state index in [2.05, 4.69) is 80.3 Å². The van der Waals surface area contributed by atoms with Crippen molar-refractivity contribution in [2.45, 2.75) is 19.6 Å². The van der Waals surface area contributed by atoms with Crippen LogP contribution in [0.2, 0.25) is 19.6 Å². The van der Waals surface area contributed by atoms with Crippen LogP contribution in [0.25, 0.3) is 0 Å². The normalized spacial score (nSPS) is 11.8. The lowest BCUT2D eigenvalue weighted by Gasteiger charge is -2.32. The van der Waals surface area contributed by atoms with Crippen LogP contribution in [0.5, 0.6) is 0 Å². The zero-order chi connectivity index (χ0) is 12.3. The van der Waals surface area contributed by atoms with Crippen LogP contribution >= 0.6 is 0 Å². The molecule has 2 heteroatoms. The molecule has 0 aliphatic carbocycles. The molecular formula is C15H19Si2. The predicted molar refractivity (Wildman–Crippen MR) is 81.3 cm³/mol. The average Bonchev–Trinajstić information content (AvgIpc) is 2.39. The van der Waals surface area contributed by atoms with Gasteiger partial charge in [0, 0.05) is 8.31 Å². The van der Waals surface area contributed by atoms with E-state index in [4.69, 9.17) is 0 Å². The Bertz CT molecular complexity index is 423. The van der Waals surface area contributed by atoms with Crippen LogP contribution in [-0.4, -0.2) is 15.9 Å². The first-order valence-corrected chi connectivity index (χ1v) is 12.1. The molecule has 0 saturated heterocycles. The van der Waals surface area contributed by atoms with E-state index < -0.39 is 7.59 Å². The minimum absolute atomic E-state index is 0.337. The highest BCUT2D eigenvalue weighted by Gasteiger charge is 2.35. The van der Waals surface area contributed by atoms with Crippen molar-refractivity contribution in [3.63, 3.8) is 0 Å². The predicted octanol–water partition coefficient (Wildman–Crippen LogP) is 2.71. The monoisotopic (exact) mass is 255 g/mol. The van der Waals surface area contributed by atoms with Crippen LogP contribution in [0.1, 0.15) is 0 Å². The van der Waals surface area contributed by atoms with Crippen molar-refractivity contribution in [1.29, 1.82) is 0 Å². The van der Waals surface area contributed by atoms with E-state index in [9.17, 15) is 0 Å². The smallest absolute Gasteiger partial charge is 0.0727 e. The van der Waals surface area contributed by atoms with Crippen molar-refractivity contribution in [3.8, 4) is 0 Å². The van der Waals surface area contributed by atoms with Crippen molar-refractivity contribution < 1.29 is 0 Å². The van der Waals surface area contributed by atoms with Crippen LogP contribution in [0.15, 0.2) is 60.7 Å². The van der Waals surface area contributed by atoms with Crippen molar-refractivity contribution in [2.75, 3.05) is 0 Å². The van der Waals surface area contributed by atoms with Gasteiger partial charge in [0.2, 0.25) is 0 Å². The topological polar surface area (TPSA) is 0 Å². The molecule has 0 saturated carbocycles. The minimum atomic E-state index is -1.48. The van der Waals surface area contributed by atoms with Crippen LogP contribution in [0.3, 0.4) is 0 Å². The standard InChI is InChI=1S/C15H19Si2/c1-16(2)17(3,14-10-6-4-7-11-14)15-12-8-5-9-13-15/h4-13H,1-3H3. The Labute approximate surface area is 107 Å². The number of hydrogen-bond acceptors (Lipinski definition) is 0. The zero-order valence-electron chi connectivity index (χ0n) is 10.8. The van der Waals surface area contributed by atoms with Gasteiger partial charge in [-0.05, 0) is 0 Å². The molecule has 0 aromatic heterocycles. The maximum Gasteiger partial charge on any atom is 0.105 e. The zero-order valence-corrected chi connectivity index (χ0v) is 12.8. The number of rotatable bonds is 3. The van der Waals surface area contributed by atoms with Gasteiger partial charge in [-0.25, -0.2) is 0 Å². The Morgan fingerprint density at radius 2 is 1.06 bits per heavy atom. The summed E-state index contributed by atoms with van der Waals surface area (Å²) < 4.78 is 0. The van der Waals surface area contributed by atoms with Gasteiger partial charge in [-0.1, -0.05) is 90.7 Å². The molecule has 2 aromatic rings. The second-order valence-corrected chi connectivity index (χ2v) is 16.3. The van der Waals surface area contributed by atoms with Crippen LogP contribution in [-0.2, 0) is 0 Å².